The van der Waals surface area contributed by atoms with Crippen LogP contribution in [0.5, 0.6) is 0 Å². The Hall–Kier alpha value is -1.36. The Morgan fingerprint density at radius 3 is 3.19 bits per heavy atom. The van der Waals surface area contributed by atoms with Crippen LogP contribution in [-0.4, -0.2) is 47.8 Å². The van der Waals surface area contributed by atoms with Crippen molar-refractivity contribution in [3.63, 3.8) is 0 Å². The van der Waals surface area contributed by atoms with Crippen molar-refractivity contribution >= 4 is 5.91 Å². The summed E-state index contributed by atoms with van der Waals surface area (Å²) in [6.07, 6.45) is 2.83. The van der Waals surface area contributed by atoms with E-state index in [1.807, 2.05) is 18.0 Å². The first kappa shape index (κ1) is 11.1. The number of carbonyl (C=O) groups is 1. The molecule has 0 bridgehead atoms. The molecule has 1 aromatic rings. The lowest BCUT2D eigenvalue weighted by Crippen LogP contribution is -2.31. The first-order chi connectivity index (χ1) is 7.72. The first-order valence-electron chi connectivity index (χ1n) is 5.49. The third-order valence-electron chi connectivity index (χ3n) is 3.09. The Balaban J connectivity index is 1.98. The topological polar surface area (TPSA) is 58.2 Å². The van der Waals surface area contributed by atoms with E-state index in [0.29, 0.717) is 5.92 Å². The van der Waals surface area contributed by atoms with Gasteiger partial charge in [0.25, 0.3) is 0 Å². The molecule has 1 aliphatic rings. The fourth-order valence-electron chi connectivity index (χ4n) is 2.21. The summed E-state index contributed by atoms with van der Waals surface area (Å²) in [4.78, 5) is 13.5. The smallest absolute Gasteiger partial charge is 0.248 e. The molecule has 1 N–H and O–H groups in total. The number of carbonyl (C=O) groups excluding carboxylic acids is 1. The monoisotopic (exact) mass is 223 g/mol. The number of nitrogens with zero attached hydrogens (tertiary/aromatic N) is 2. The van der Waals surface area contributed by atoms with E-state index in [9.17, 15) is 4.79 Å². The molecule has 0 aliphatic carbocycles. The van der Waals surface area contributed by atoms with Crippen LogP contribution in [0.4, 0.5) is 0 Å². The van der Waals surface area contributed by atoms with Gasteiger partial charge in [0.15, 0.2) is 0 Å². The minimum atomic E-state index is 0.0715. The van der Waals surface area contributed by atoms with Crippen molar-refractivity contribution in [1.82, 2.24) is 15.1 Å². The number of H-pyrrole nitrogens is 1. The lowest BCUT2D eigenvalue weighted by Gasteiger charge is -2.15. The summed E-state index contributed by atoms with van der Waals surface area (Å²) in [6.45, 7) is 3.80. The quantitative estimate of drug-likeness (QED) is 0.819. The van der Waals surface area contributed by atoms with Crippen LogP contribution in [0.15, 0.2) is 6.20 Å². The summed E-state index contributed by atoms with van der Waals surface area (Å²) in [5.74, 6) is 0.463. The largest absolute Gasteiger partial charge is 0.375 e. The van der Waals surface area contributed by atoms with Crippen LogP contribution in [0.3, 0.4) is 0 Å². The van der Waals surface area contributed by atoms with Gasteiger partial charge < -0.3 is 9.64 Å². The summed E-state index contributed by atoms with van der Waals surface area (Å²) >= 11 is 0. The summed E-state index contributed by atoms with van der Waals surface area (Å²) in [6, 6.07) is 0. The molecule has 0 saturated carbocycles. The van der Waals surface area contributed by atoms with Crippen molar-refractivity contribution in [3.05, 3.63) is 17.5 Å². The molecule has 0 aromatic carbocycles. The minimum Gasteiger partial charge on any atom is -0.375 e. The molecule has 5 nitrogen and oxygen atoms in total. The summed E-state index contributed by atoms with van der Waals surface area (Å²) in [7, 11) is 1.55. The second-order valence-electron chi connectivity index (χ2n) is 4.23. The zero-order valence-corrected chi connectivity index (χ0v) is 9.69. The highest BCUT2D eigenvalue weighted by Gasteiger charge is 2.28. The van der Waals surface area contributed by atoms with Gasteiger partial charge in [-0.15, -0.1) is 0 Å². The SMILES string of the molecule is COCC(=O)N1CC[C@H](c2[nH]ncc2C)C1. The van der Waals surface area contributed by atoms with Gasteiger partial charge in [-0.05, 0) is 18.9 Å². The van der Waals surface area contributed by atoms with Crippen molar-refractivity contribution in [3.8, 4) is 0 Å². The fourth-order valence-corrected chi connectivity index (χ4v) is 2.21. The average Bonchev–Trinajstić information content (AvgIpc) is 2.86. The van der Waals surface area contributed by atoms with Crippen molar-refractivity contribution in [2.75, 3.05) is 26.8 Å². The van der Waals surface area contributed by atoms with E-state index < -0.39 is 0 Å². The van der Waals surface area contributed by atoms with Gasteiger partial charge >= 0.3 is 0 Å². The summed E-state index contributed by atoms with van der Waals surface area (Å²) in [5, 5.41) is 7.04. The molecule has 16 heavy (non-hydrogen) atoms. The van der Waals surface area contributed by atoms with Gasteiger partial charge in [-0.1, -0.05) is 0 Å². The Labute approximate surface area is 94.8 Å². The molecule has 1 aromatic heterocycles. The van der Waals surface area contributed by atoms with Crippen LogP contribution in [0, 0.1) is 6.92 Å². The van der Waals surface area contributed by atoms with Crippen LogP contribution in [0.25, 0.3) is 0 Å². The van der Waals surface area contributed by atoms with Crippen LogP contribution < -0.4 is 0 Å². The van der Waals surface area contributed by atoms with E-state index >= 15 is 0 Å². The molecule has 0 unspecified atom stereocenters. The number of methoxy groups -OCH3 is 1. The second-order valence-corrected chi connectivity index (χ2v) is 4.23. The van der Waals surface area contributed by atoms with E-state index in [1.54, 1.807) is 7.11 Å². The Morgan fingerprint density at radius 1 is 1.75 bits per heavy atom. The summed E-state index contributed by atoms with van der Waals surface area (Å²) in [5.41, 5.74) is 2.33. The lowest BCUT2D eigenvalue weighted by molar-refractivity contribution is -0.134. The molecule has 5 heteroatoms. The number of amides is 1. The van der Waals surface area contributed by atoms with Gasteiger partial charge in [-0.3, -0.25) is 9.89 Å². The number of likely N-dealkylation sites (tertiary alicyclic amines) is 1. The number of aryl methyl sites for hydroxylation is 1. The Morgan fingerprint density at radius 2 is 2.56 bits per heavy atom. The van der Waals surface area contributed by atoms with Gasteiger partial charge in [0.2, 0.25) is 5.91 Å². The zero-order chi connectivity index (χ0) is 11.5. The van der Waals surface area contributed by atoms with E-state index in [1.165, 1.54) is 5.56 Å². The normalized spacial score (nSPS) is 20.4. The number of hydrogen-bond acceptors (Lipinski definition) is 3. The standard InChI is InChI=1S/C11H17N3O2/c1-8-5-12-13-11(8)9-3-4-14(6-9)10(15)7-16-2/h5,9H,3-4,6-7H2,1-2H3,(H,12,13)/t9-/m0/s1. The number of aromatic amines is 1. The highest BCUT2D eigenvalue weighted by molar-refractivity contribution is 5.77. The molecule has 1 fully saturated rings. The van der Waals surface area contributed by atoms with Crippen LogP contribution in [-0.2, 0) is 9.53 Å². The maximum absolute atomic E-state index is 11.6. The predicted molar refractivity (Wildman–Crippen MR) is 59.1 cm³/mol. The number of hydrogen-bond donors (Lipinski definition) is 1. The lowest BCUT2D eigenvalue weighted by atomic mass is 10.0. The van der Waals surface area contributed by atoms with Crippen LogP contribution in [0.2, 0.25) is 0 Å². The molecular formula is C11H17N3O2. The third kappa shape index (κ3) is 2.09. The number of aromatic nitrogens is 2. The number of ether oxygens (including phenoxy) is 1. The van der Waals surface area contributed by atoms with E-state index in [4.69, 9.17) is 4.74 Å². The highest BCUT2D eigenvalue weighted by atomic mass is 16.5. The molecule has 1 aliphatic heterocycles. The molecule has 88 valence electrons. The molecule has 2 heterocycles. The average molecular weight is 223 g/mol. The van der Waals surface area contributed by atoms with Crippen molar-refractivity contribution in [1.29, 1.82) is 0 Å². The van der Waals surface area contributed by atoms with E-state index in [0.717, 1.165) is 25.2 Å². The number of rotatable bonds is 3. The van der Waals surface area contributed by atoms with E-state index in [2.05, 4.69) is 10.2 Å². The molecule has 0 spiro atoms. The summed E-state index contributed by atoms with van der Waals surface area (Å²) < 4.78 is 4.85. The van der Waals surface area contributed by atoms with Crippen molar-refractivity contribution in [2.45, 2.75) is 19.3 Å². The van der Waals surface area contributed by atoms with Crippen LogP contribution in [0.1, 0.15) is 23.6 Å². The maximum atomic E-state index is 11.6. The Bertz CT molecular complexity index is 375. The minimum absolute atomic E-state index is 0.0715. The third-order valence-corrected chi connectivity index (χ3v) is 3.09. The molecule has 1 amide bonds. The zero-order valence-electron chi connectivity index (χ0n) is 9.69. The van der Waals surface area contributed by atoms with Crippen molar-refractivity contribution in [2.24, 2.45) is 0 Å². The molecule has 2 rings (SSSR count). The highest BCUT2D eigenvalue weighted by Crippen LogP contribution is 2.27. The van der Waals surface area contributed by atoms with Gasteiger partial charge in [0.05, 0.1) is 6.20 Å². The Kier molecular flexibility index (Phi) is 3.24. The van der Waals surface area contributed by atoms with Gasteiger partial charge in [0.1, 0.15) is 6.61 Å². The van der Waals surface area contributed by atoms with Crippen molar-refractivity contribution < 1.29 is 9.53 Å². The fraction of sp³-hybridized carbons (Fsp3) is 0.636. The van der Waals surface area contributed by atoms with Crippen LogP contribution >= 0.6 is 0 Å². The molecule has 1 atom stereocenters. The van der Waals surface area contributed by atoms with Gasteiger partial charge in [0, 0.05) is 31.8 Å². The number of nitrogens with one attached hydrogen (secondary N) is 1. The van der Waals surface area contributed by atoms with E-state index in [-0.39, 0.29) is 12.5 Å². The molecular weight excluding hydrogens is 206 g/mol. The molecule has 0 radical (unpaired) electrons. The molecule has 1 saturated heterocycles. The first-order valence-corrected chi connectivity index (χ1v) is 5.49. The maximum Gasteiger partial charge on any atom is 0.248 e. The van der Waals surface area contributed by atoms with Gasteiger partial charge in [-0.25, -0.2) is 0 Å². The van der Waals surface area contributed by atoms with Gasteiger partial charge in [-0.2, -0.15) is 5.10 Å². The predicted octanol–water partition coefficient (Wildman–Crippen LogP) is 0.680. The second kappa shape index (κ2) is 4.65.